The maximum absolute atomic E-state index is 5.90. The van der Waals surface area contributed by atoms with Crippen LogP contribution in [-0.4, -0.2) is 6.61 Å². The molecular weight excluding hydrogens is 232 g/mol. The number of ether oxygens (including phenoxy) is 1. The Bertz CT molecular complexity index is 519. The van der Waals surface area contributed by atoms with Crippen LogP contribution in [-0.2, 0) is 6.42 Å². The molecule has 2 aromatic rings. The van der Waals surface area contributed by atoms with Crippen LogP contribution in [0, 0.1) is 0 Å². The molecule has 0 unspecified atom stereocenters. The molecule has 1 atom stereocenters. The number of rotatable bonds is 1. The Labute approximate surface area is 106 Å². The van der Waals surface area contributed by atoms with Gasteiger partial charge in [0.05, 0.1) is 6.61 Å². The largest absolute Gasteiger partial charge is 0.493 e. The molecule has 0 saturated carbocycles. The van der Waals surface area contributed by atoms with E-state index >= 15 is 0 Å². The molecule has 1 aliphatic rings. The molecule has 2 heteroatoms. The average Bonchev–Trinajstić information content (AvgIpc) is 2.39. The molecule has 0 aliphatic carbocycles. The highest BCUT2D eigenvalue weighted by molar-refractivity contribution is 6.30. The van der Waals surface area contributed by atoms with Crippen LogP contribution in [0.4, 0.5) is 0 Å². The van der Waals surface area contributed by atoms with Crippen molar-refractivity contribution in [1.29, 1.82) is 0 Å². The Hall–Kier alpha value is -1.47. The molecule has 0 spiro atoms. The van der Waals surface area contributed by atoms with E-state index in [0.717, 1.165) is 23.8 Å². The third kappa shape index (κ3) is 2.16. The molecule has 0 bridgehead atoms. The standard InChI is InChI=1S/C15H13ClO/c16-14-7-5-11(6-8-14)13-9-12-3-1-2-4-15(12)17-10-13/h1-8,13H,9-10H2/t13-/m1/s1. The summed E-state index contributed by atoms with van der Waals surface area (Å²) in [6.07, 6.45) is 1.04. The summed E-state index contributed by atoms with van der Waals surface area (Å²) in [7, 11) is 0. The van der Waals surface area contributed by atoms with Gasteiger partial charge in [-0.15, -0.1) is 0 Å². The molecule has 86 valence electrons. The van der Waals surface area contributed by atoms with Gasteiger partial charge in [0.25, 0.3) is 0 Å². The lowest BCUT2D eigenvalue weighted by Gasteiger charge is -2.25. The molecule has 1 aliphatic heterocycles. The lowest BCUT2D eigenvalue weighted by atomic mass is 9.90. The highest BCUT2D eigenvalue weighted by Crippen LogP contribution is 2.32. The summed E-state index contributed by atoms with van der Waals surface area (Å²) in [4.78, 5) is 0. The summed E-state index contributed by atoms with van der Waals surface area (Å²) in [6.45, 7) is 0.749. The minimum absolute atomic E-state index is 0.433. The lowest BCUT2D eigenvalue weighted by Crippen LogP contribution is -2.18. The Morgan fingerprint density at radius 2 is 1.76 bits per heavy atom. The fraction of sp³-hybridized carbons (Fsp3) is 0.200. The molecule has 0 fully saturated rings. The zero-order valence-corrected chi connectivity index (χ0v) is 10.2. The van der Waals surface area contributed by atoms with Gasteiger partial charge in [0.15, 0.2) is 0 Å². The van der Waals surface area contributed by atoms with Gasteiger partial charge in [0.1, 0.15) is 5.75 Å². The van der Waals surface area contributed by atoms with Gasteiger partial charge in [0, 0.05) is 10.9 Å². The van der Waals surface area contributed by atoms with Crippen LogP contribution in [0.15, 0.2) is 48.5 Å². The molecule has 1 heterocycles. The highest BCUT2D eigenvalue weighted by atomic mass is 35.5. The average molecular weight is 245 g/mol. The number of halogens is 1. The fourth-order valence-electron chi connectivity index (χ4n) is 2.28. The monoisotopic (exact) mass is 244 g/mol. The second-order valence-corrected chi connectivity index (χ2v) is 4.81. The van der Waals surface area contributed by atoms with Gasteiger partial charge in [-0.25, -0.2) is 0 Å². The van der Waals surface area contributed by atoms with Crippen LogP contribution in [0.2, 0.25) is 5.02 Å². The summed E-state index contributed by atoms with van der Waals surface area (Å²) in [5, 5.41) is 0.783. The number of benzene rings is 2. The normalized spacial score (nSPS) is 18.3. The second-order valence-electron chi connectivity index (χ2n) is 4.37. The zero-order valence-electron chi connectivity index (χ0n) is 9.40. The van der Waals surface area contributed by atoms with Gasteiger partial charge in [-0.05, 0) is 35.7 Å². The third-order valence-electron chi connectivity index (χ3n) is 3.22. The van der Waals surface area contributed by atoms with Crippen LogP contribution >= 0.6 is 11.6 Å². The summed E-state index contributed by atoms with van der Waals surface area (Å²) < 4.78 is 5.79. The van der Waals surface area contributed by atoms with Gasteiger partial charge in [0.2, 0.25) is 0 Å². The van der Waals surface area contributed by atoms with Crippen LogP contribution in [0.1, 0.15) is 17.0 Å². The van der Waals surface area contributed by atoms with E-state index in [0.29, 0.717) is 5.92 Å². The van der Waals surface area contributed by atoms with Crippen LogP contribution in [0.3, 0.4) is 0 Å². The predicted octanol–water partition coefficient (Wildman–Crippen LogP) is 4.06. The van der Waals surface area contributed by atoms with E-state index in [2.05, 4.69) is 24.3 Å². The molecule has 0 amide bonds. The maximum Gasteiger partial charge on any atom is 0.122 e. The van der Waals surface area contributed by atoms with E-state index in [1.54, 1.807) is 0 Å². The van der Waals surface area contributed by atoms with Gasteiger partial charge >= 0.3 is 0 Å². The van der Waals surface area contributed by atoms with Crippen molar-refractivity contribution in [2.45, 2.75) is 12.3 Å². The molecule has 0 saturated heterocycles. The Morgan fingerprint density at radius 3 is 2.59 bits per heavy atom. The van der Waals surface area contributed by atoms with Crippen molar-refractivity contribution in [3.05, 3.63) is 64.7 Å². The number of fused-ring (bicyclic) bond motifs is 1. The first-order valence-corrected chi connectivity index (χ1v) is 6.17. The lowest BCUT2D eigenvalue weighted by molar-refractivity contribution is 0.262. The molecular formula is C15H13ClO. The van der Waals surface area contributed by atoms with Crippen LogP contribution < -0.4 is 4.74 Å². The molecule has 0 radical (unpaired) electrons. The van der Waals surface area contributed by atoms with E-state index < -0.39 is 0 Å². The minimum Gasteiger partial charge on any atom is -0.493 e. The van der Waals surface area contributed by atoms with E-state index in [4.69, 9.17) is 16.3 Å². The highest BCUT2D eigenvalue weighted by Gasteiger charge is 2.20. The van der Waals surface area contributed by atoms with Gasteiger partial charge in [-0.1, -0.05) is 41.9 Å². The van der Waals surface area contributed by atoms with Crippen molar-refractivity contribution in [1.82, 2.24) is 0 Å². The summed E-state index contributed by atoms with van der Waals surface area (Å²) in [5.74, 6) is 1.46. The van der Waals surface area contributed by atoms with Crippen molar-refractivity contribution in [3.8, 4) is 5.75 Å². The first-order valence-electron chi connectivity index (χ1n) is 5.79. The Balaban J connectivity index is 1.86. The molecule has 1 nitrogen and oxygen atoms in total. The van der Waals surface area contributed by atoms with Crippen molar-refractivity contribution < 1.29 is 4.74 Å². The van der Waals surface area contributed by atoms with Gasteiger partial charge < -0.3 is 4.74 Å². The maximum atomic E-state index is 5.90. The van der Waals surface area contributed by atoms with Crippen molar-refractivity contribution >= 4 is 11.6 Å². The molecule has 17 heavy (non-hydrogen) atoms. The van der Waals surface area contributed by atoms with Crippen LogP contribution in [0.5, 0.6) is 5.75 Å². The summed E-state index contributed by atoms with van der Waals surface area (Å²) in [6, 6.07) is 16.3. The van der Waals surface area contributed by atoms with Crippen molar-refractivity contribution in [2.75, 3.05) is 6.61 Å². The number of para-hydroxylation sites is 1. The zero-order chi connectivity index (χ0) is 11.7. The fourth-order valence-corrected chi connectivity index (χ4v) is 2.40. The summed E-state index contributed by atoms with van der Waals surface area (Å²) >= 11 is 5.90. The van der Waals surface area contributed by atoms with E-state index in [-0.39, 0.29) is 0 Å². The van der Waals surface area contributed by atoms with Crippen LogP contribution in [0.25, 0.3) is 0 Å². The van der Waals surface area contributed by atoms with Gasteiger partial charge in [-0.2, -0.15) is 0 Å². The molecule has 2 aromatic carbocycles. The van der Waals surface area contributed by atoms with Crippen molar-refractivity contribution in [2.24, 2.45) is 0 Å². The first kappa shape index (κ1) is 10.7. The molecule has 0 N–H and O–H groups in total. The Morgan fingerprint density at radius 1 is 1.00 bits per heavy atom. The quantitative estimate of drug-likeness (QED) is 0.735. The second kappa shape index (κ2) is 4.42. The Kier molecular flexibility index (Phi) is 2.77. The van der Waals surface area contributed by atoms with E-state index in [1.165, 1.54) is 11.1 Å². The topological polar surface area (TPSA) is 9.23 Å². The number of hydrogen-bond acceptors (Lipinski definition) is 1. The third-order valence-corrected chi connectivity index (χ3v) is 3.47. The predicted molar refractivity (Wildman–Crippen MR) is 69.8 cm³/mol. The van der Waals surface area contributed by atoms with E-state index in [1.807, 2.05) is 24.3 Å². The minimum atomic E-state index is 0.433. The first-order chi connectivity index (χ1) is 8.33. The smallest absolute Gasteiger partial charge is 0.122 e. The molecule has 3 rings (SSSR count). The molecule has 0 aromatic heterocycles. The van der Waals surface area contributed by atoms with Crippen molar-refractivity contribution in [3.63, 3.8) is 0 Å². The van der Waals surface area contributed by atoms with E-state index in [9.17, 15) is 0 Å². The SMILES string of the molecule is Clc1ccc([C@H]2COc3ccccc3C2)cc1. The number of hydrogen-bond donors (Lipinski definition) is 0. The summed E-state index contributed by atoms with van der Waals surface area (Å²) in [5.41, 5.74) is 2.59. The van der Waals surface area contributed by atoms with Gasteiger partial charge in [-0.3, -0.25) is 0 Å².